The van der Waals surface area contributed by atoms with Gasteiger partial charge >= 0.3 is 0 Å². The third-order valence-corrected chi connectivity index (χ3v) is 9.35. The Kier molecular flexibility index (Phi) is 5.32. The molecule has 0 unspecified atom stereocenters. The monoisotopic (exact) mass is 631 g/mol. The van der Waals surface area contributed by atoms with Gasteiger partial charge in [-0.1, -0.05) is 127 Å². The number of anilines is 3. The molecule has 10 rings (SSSR count). The van der Waals surface area contributed by atoms with Crippen molar-refractivity contribution in [1.29, 1.82) is 0 Å². The van der Waals surface area contributed by atoms with Crippen LogP contribution in [0, 0.1) is 0 Å². The third-order valence-electron chi connectivity index (χ3n) is 9.35. The Labute approximate surface area is 288 Å². The second-order valence-corrected chi connectivity index (χ2v) is 12.2. The molecule has 8 aromatic carbocycles. The van der Waals surface area contributed by atoms with Crippen LogP contribution in [0.1, 0.15) is 5.48 Å². The van der Waals surface area contributed by atoms with Crippen LogP contribution in [0.25, 0.3) is 76.9 Å². The minimum Gasteiger partial charge on any atom is -0.455 e. The van der Waals surface area contributed by atoms with Crippen molar-refractivity contribution in [1.82, 2.24) is 0 Å². The van der Waals surface area contributed by atoms with E-state index in [2.05, 4.69) is 30.3 Å². The molecule has 0 N–H and O–H groups in total. The Bertz CT molecular complexity index is 3030. The van der Waals surface area contributed by atoms with Gasteiger partial charge in [0.05, 0.1) is 16.6 Å². The van der Waals surface area contributed by atoms with Gasteiger partial charge in [0.25, 0.3) is 0 Å². The number of hydrogen-bond acceptors (Lipinski definition) is 3. The molecule has 0 bridgehead atoms. The lowest BCUT2D eigenvalue weighted by molar-refractivity contribution is 0.670. The molecule has 0 saturated carbocycles. The maximum absolute atomic E-state index is 9.60. The first-order valence-corrected chi connectivity index (χ1v) is 16.3. The minimum absolute atomic E-state index is 0.135. The Balaban J connectivity index is 1.24. The first kappa shape index (κ1) is 23.7. The number of fused-ring (bicyclic) bond motifs is 8. The molecule has 3 nitrogen and oxygen atoms in total. The molecule has 0 saturated heterocycles. The molecule has 2 aromatic heterocycles. The molecule has 10 aromatic rings. The van der Waals surface area contributed by atoms with E-state index in [1.165, 1.54) is 0 Å². The van der Waals surface area contributed by atoms with Crippen molar-refractivity contribution in [3.05, 3.63) is 176 Å². The van der Waals surface area contributed by atoms with E-state index < -0.39 is 0 Å². The molecular formula is C46H29NO2. The Morgan fingerprint density at radius 3 is 1.94 bits per heavy atom. The van der Waals surface area contributed by atoms with Gasteiger partial charge in [0.1, 0.15) is 22.3 Å². The molecule has 230 valence electrons. The molecule has 0 amide bonds. The smallest absolute Gasteiger partial charge is 0.143 e. The fourth-order valence-electron chi connectivity index (χ4n) is 7.04. The summed E-state index contributed by atoms with van der Waals surface area (Å²) in [4.78, 5) is 1.84. The molecule has 0 fully saturated rings. The van der Waals surface area contributed by atoms with Gasteiger partial charge in [0.15, 0.2) is 0 Å². The highest BCUT2D eigenvalue weighted by atomic mass is 16.3. The standard InChI is InChI=1S/C46H29NO2/c1-2-10-30(11-3-1)31-20-25-34(26-21-31)47(41-17-9-19-43-44(41)40-29-24-32-12-4-5-13-36(32)46(40)49-43)35-27-22-33(23-28-35)37-15-8-16-39-38-14-6-7-18-42(38)48-45(37)39/h1-29H/i22D,23D,27D,28D. The van der Waals surface area contributed by atoms with E-state index in [-0.39, 0.29) is 35.4 Å². The van der Waals surface area contributed by atoms with Crippen LogP contribution in [0.3, 0.4) is 0 Å². The third kappa shape index (κ3) is 4.44. The quantitative estimate of drug-likeness (QED) is 0.189. The number of furan rings is 2. The average Bonchev–Trinajstić information content (AvgIpc) is 3.79. The first-order chi connectivity index (χ1) is 26.0. The summed E-state index contributed by atoms with van der Waals surface area (Å²) in [6.07, 6.45) is 0. The maximum atomic E-state index is 9.60. The highest BCUT2D eigenvalue weighted by Crippen LogP contribution is 2.45. The molecule has 2 heterocycles. The fraction of sp³-hybridized carbons (Fsp3) is 0. The molecule has 0 aliphatic rings. The van der Waals surface area contributed by atoms with Crippen molar-refractivity contribution >= 4 is 71.7 Å². The Morgan fingerprint density at radius 1 is 0.408 bits per heavy atom. The van der Waals surface area contributed by atoms with Crippen molar-refractivity contribution in [2.45, 2.75) is 0 Å². The highest BCUT2D eigenvalue weighted by Gasteiger charge is 2.21. The second-order valence-electron chi connectivity index (χ2n) is 12.2. The maximum Gasteiger partial charge on any atom is 0.143 e. The topological polar surface area (TPSA) is 29.5 Å². The van der Waals surface area contributed by atoms with Crippen LogP contribution in [0.5, 0.6) is 0 Å². The van der Waals surface area contributed by atoms with E-state index in [0.717, 1.165) is 49.0 Å². The van der Waals surface area contributed by atoms with Crippen molar-refractivity contribution in [3.63, 3.8) is 0 Å². The van der Waals surface area contributed by atoms with Crippen LogP contribution >= 0.6 is 0 Å². The lowest BCUT2D eigenvalue weighted by atomic mass is 10.0. The highest BCUT2D eigenvalue weighted by molar-refractivity contribution is 6.19. The molecule has 0 aliphatic heterocycles. The summed E-state index contributed by atoms with van der Waals surface area (Å²) >= 11 is 0. The van der Waals surface area contributed by atoms with Crippen LogP contribution in [0.2, 0.25) is 0 Å². The Morgan fingerprint density at radius 2 is 1.08 bits per heavy atom. The largest absolute Gasteiger partial charge is 0.455 e. The van der Waals surface area contributed by atoms with Crippen molar-refractivity contribution in [2.24, 2.45) is 0 Å². The summed E-state index contributed by atoms with van der Waals surface area (Å²) < 4.78 is 51.0. The molecule has 0 spiro atoms. The zero-order chi connectivity index (χ0) is 35.8. The predicted octanol–water partition coefficient (Wildman–Crippen LogP) is 13.4. The van der Waals surface area contributed by atoms with Gasteiger partial charge in [0, 0.05) is 38.5 Å². The van der Waals surface area contributed by atoms with Gasteiger partial charge in [-0.15, -0.1) is 0 Å². The average molecular weight is 632 g/mol. The van der Waals surface area contributed by atoms with Crippen LogP contribution in [0.15, 0.2) is 185 Å². The van der Waals surface area contributed by atoms with E-state index in [9.17, 15) is 5.48 Å². The van der Waals surface area contributed by atoms with Gasteiger partial charge in [-0.05, 0) is 70.6 Å². The number of para-hydroxylation sites is 2. The first-order valence-electron chi connectivity index (χ1n) is 18.3. The number of benzene rings is 8. The summed E-state index contributed by atoms with van der Waals surface area (Å²) in [6, 6.07) is 48.8. The normalized spacial score (nSPS) is 12.8. The van der Waals surface area contributed by atoms with Crippen molar-refractivity contribution in [2.75, 3.05) is 4.90 Å². The molecule has 0 atom stereocenters. The summed E-state index contributed by atoms with van der Waals surface area (Å²) in [7, 11) is 0. The molecule has 0 aliphatic carbocycles. The minimum atomic E-state index is -0.170. The van der Waals surface area contributed by atoms with Gasteiger partial charge in [-0.2, -0.15) is 0 Å². The van der Waals surface area contributed by atoms with E-state index in [1.54, 1.807) is 6.07 Å². The van der Waals surface area contributed by atoms with Crippen molar-refractivity contribution < 1.29 is 14.3 Å². The van der Waals surface area contributed by atoms with Crippen LogP contribution in [-0.2, 0) is 0 Å². The van der Waals surface area contributed by atoms with Gasteiger partial charge in [-0.3, -0.25) is 0 Å². The summed E-state index contributed by atoms with van der Waals surface area (Å²) in [5, 5.41) is 5.53. The summed E-state index contributed by atoms with van der Waals surface area (Å²) in [6.45, 7) is 0. The van der Waals surface area contributed by atoms with E-state index in [4.69, 9.17) is 8.83 Å². The number of nitrogens with zero attached hydrogens (tertiary/aromatic N) is 1. The van der Waals surface area contributed by atoms with Gasteiger partial charge in [0.2, 0.25) is 0 Å². The SMILES string of the molecule is [2H]c1c([2H])c(N(c2ccc(-c3ccccc3)cc2)c2cccc3oc4c5ccccc5ccc4c23)c([2H])c([2H])c1-c1cccc2c1oc1ccccc12. The molecule has 3 heteroatoms. The fourth-order valence-corrected chi connectivity index (χ4v) is 7.04. The van der Waals surface area contributed by atoms with E-state index >= 15 is 0 Å². The van der Waals surface area contributed by atoms with E-state index in [0.29, 0.717) is 33.7 Å². The lowest BCUT2D eigenvalue weighted by Gasteiger charge is -2.26. The van der Waals surface area contributed by atoms with Crippen LogP contribution in [-0.4, -0.2) is 0 Å². The summed E-state index contributed by atoms with van der Waals surface area (Å²) in [5.74, 6) is 0. The molecule has 0 radical (unpaired) electrons. The van der Waals surface area contributed by atoms with Crippen LogP contribution < -0.4 is 4.90 Å². The number of hydrogen-bond donors (Lipinski definition) is 0. The zero-order valence-electron chi connectivity index (χ0n) is 30.2. The summed E-state index contributed by atoms with van der Waals surface area (Å²) in [5.41, 5.74) is 6.89. The van der Waals surface area contributed by atoms with E-state index in [1.807, 2.05) is 120 Å². The van der Waals surface area contributed by atoms with Gasteiger partial charge < -0.3 is 13.7 Å². The van der Waals surface area contributed by atoms with Crippen LogP contribution in [0.4, 0.5) is 17.1 Å². The number of rotatable bonds is 5. The predicted molar refractivity (Wildman–Crippen MR) is 204 cm³/mol. The Hall–Kier alpha value is -6.58. The lowest BCUT2D eigenvalue weighted by Crippen LogP contribution is -2.10. The zero-order valence-corrected chi connectivity index (χ0v) is 26.2. The second kappa shape index (κ2) is 11.0. The molecular weight excluding hydrogens is 599 g/mol. The molecule has 49 heavy (non-hydrogen) atoms. The van der Waals surface area contributed by atoms with Crippen molar-refractivity contribution in [3.8, 4) is 22.3 Å². The van der Waals surface area contributed by atoms with Gasteiger partial charge in [-0.25, -0.2) is 0 Å².